The Morgan fingerprint density at radius 3 is 2.44 bits per heavy atom. The summed E-state index contributed by atoms with van der Waals surface area (Å²) in [6.07, 6.45) is 8.15. The van der Waals surface area contributed by atoms with Crippen molar-refractivity contribution in [1.82, 2.24) is 0 Å². The average Bonchev–Trinajstić information content (AvgIpc) is 2.72. The molecule has 2 rings (SSSR count). The average molecular weight is 372 g/mol. The van der Waals surface area contributed by atoms with E-state index in [2.05, 4.69) is 39.0 Å². The standard InChI is InChI=1S/C6H9P2.C5H5.2ClH.Zr/c1-4-5(2)7-8-6(4)3;1-2-4-5-3-1;;;/h1-3H3;1-3H,4H2;2*1H;. The third kappa shape index (κ3) is 3.64. The first-order valence-electron chi connectivity index (χ1n) is 4.86. The second-order valence-corrected chi connectivity index (χ2v) is 12.8. The zero-order valence-corrected chi connectivity index (χ0v) is 15.5. The Morgan fingerprint density at radius 1 is 1.31 bits per heavy atom. The minimum absolute atomic E-state index is 0. The van der Waals surface area contributed by atoms with Crippen LogP contribution in [-0.2, 0) is 23.2 Å². The molecule has 16 heavy (non-hydrogen) atoms. The summed E-state index contributed by atoms with van der Waals surface area (Å²) in [5.74, 6) is 0. The van der Waals surface area contributed by atoms with Gasteiger partial charge in [-0.15, -0.1) is 24.8 Å². The van der Waals surface area contributed by atoms with Gasteiger partial charge < -0.3 is 0 Å². The summed E-state index contributed by atoms with van der Waals surface area (Å²) < 4.78 is 2.36. The molecule has 0 nitrogen and oxygen atoms in total. The Kier molecular flexibility index (Phi) is 7.58. The Hall–Kier alpha value is 1.28. The third-order valence-corrected chi connectivity index (χ3v) is 13.4. The largest absolute Gasteiger partial charge is 0.147 e. The van der Waals surface area contributed by atoms with E-state index >= 15 is 0 Å². The van der Waals surface area contributed by atoms with Gasteiger partial charge in [0.05, 0.1) is 0 Å². The summed E-state index contributed by atoms with van der Waals surface area (Å²) in [4.78, 5) is 0. The quantitative estimate of drug-likeness (QED) is 0.555. The van der Waals surface area contributed by atoms with E-state index in [1.165, 1.54) is 6.42 Å². The summed E-state index contributed by atoms with van der Waals surface area (Å²) in [5, 5.41) is 1.63. The first-order chi connectivity index (χ1) is 6.62. The molecule has 0 radical (unpaired) electrons. The van der Waals surface area contributed by atoms with Crippen molar-refractivity contribution in [3.05, 3.63) is 32.4 Å². The van der Waals surface area contributed by atoms with Gasteiger partial charge in [-0.05, 0) is 0 Å². The van der Waals surface area contributed by atoms with E-state index in [0.29, 0.717) is 2.86 Å². The SMILES string of the molecule is CC1=C(C)[C](C)([Zr][C]2=CC=CC2)P=P1.Cl.Cl. The zero-order valence-electron chi connectivity index (χ0n) is 9.65. The zero-order chi connectivity index (χ0) is 10.2. The van der Waals surface area contributed by atoms with Gasteiger partial charge in [-0.3, -0.25) is 0 Å². The summed E-state index contributed by atoms with van der Waals surface area (Å²) in [6.45, 7) is 7.14. The first-order valence-corrected chi connectivity index (χ1v) is 9.82. The molecule has 1 heterocycles. The van der Waals surface area contributed by atoms with E-state index in [-0.39, 0.29) is 48.0 Å². The van der Waals surface area contributed by atoms with Gasteiger partial charge >= 0.3 is 101 Å². The molecule has 88 valence electrons. The van der Waals surface area contributed by atoms with Crippen LogP contribution in [0, 0.1) is 0 Å². The van der Waals surface area contributed by atoms with Crippen LogP contribution < -0.4 is 0 Å². The van der Waals surface area contributed by atoms with Crippen molar-refractivity contribution in [3.8, 4) is 0 Å². The molecule has 1 aliphatic heterocycles. The van der Waals surface area contributed by atoms with Gasteiger partial charge in [-0.1, -0.05) is 0 Å². The van der Waals surface area contributed by atoms with Crippen LogP contribution in [-0.4, -0.2) is 2.86 Å². The van der Waals surface area contributed by atoms with Crippen LogP contribution in [0.4, 0.5) is 0 Å². The molecule has 0 saturated heterocycles. The molecule has 0 spiro atoms. The molecule has 0 aromatic heterocycles. The Balaban J connectivity index is 0.00000112. The fraction of sp³-hybridized carbons (Fsp3) is 0.455. The molecule has 1 atom stereocenters. The van der Waals surface area contributed by atoms with Crippen molar-refractivity contribution in [3.63, 3.8) is 0 Å². The number of hydrogen-bond acceptors (Lipinski definition) is 0. The first kappa shape index (κ1) is 17.3. The maximum Gasteiger partial charge on any atom is -0.147 e. The van der Waals surface area contributed by atoms with E-state index in [0.717, 1.165) is 0 Å². The minimum Gasteiger partial charge on any atom is -0.147 e. The molecule has 0 amide bonds. The van der Waals surface area contributed by atoms with Gasteiger partial charge in [0.2, 0.25) is 0 Å². The molecule has 0 fully saturated rings. The number of allylic oxidation sites excluding steroid dienone is 6. The molecule has 1 aliphatic carbocycles. The fourth-order valence-corrected chi connectivity index (χ4v) is 11.7. The van der Waals surface area contributed by atoms with Crippen molar-refractivity contribution in [2.45, 2.75) is 30.1 Å². The van der Waals surface area contributed by atoms with E-state index < -0.39 is 0 Å². The van der Waals surface area contributed by atoms with Crippen molar-refractivity contribution in [2.24, 2.45) is 0 Å². The van der Waals surface area contributed by atoms with E-state index in [1.54, 1.807) is 29.9 Å². The summed E-state index contributed by atoms with van der Waals surface area (Å²) in [7, 11) is 3.21. The van der Waals surface area contributed by atoms with Gasteiger partial charge in [0.15, 0.2) is 0 Å². The molecule has 0 N–H and O–H groups in total. The second kappa shape index (κ2) is 7.02. The Labute approximate surface area is 125 Å². The number of halogens is 2. The molecule has 0 saturated carbocycles. The van der Waals surface area contributed by atoms with Crippen LogP contribution in [0.2, 0.25) is 0 Å². The fourth-order valence-electron chi connectivity index (χ4n) is 1.65. The summed E-state index contributed by atoms with van der Waals surface area (Å²) >= 11 is -0.390. The molecular formula is C11H16Cl2P2Zr. The van der Waals surface area contributed by atoms with Crippen molar-refractivity contribution in [1.29, 1.82) is 0 Å². The topological polar surface area (TPSA) is 0 Å². The second-order valence-electron chi connectivity index (χ2n) is 3.93. The van der Waals surface area contributed by atoms with Crippen LogP contribution in [0.5, 0.6) is 0 Å². The molecule has 0 bridgehead atoms. The van der Waals surface area contributed by atoms with E-state index in [9.17, 15) is 0 Å². The van der Waals surface area contributed by atoms with Crippen molar-refractivity contribution >= 4 is 40.5 Å². The predicted octanol–water partition coefficient (Wildman–Crippen LogP) is 5.59. The molecule has 1 unspecified atom stereocenters. The maximum atomic E-state index is 2.48. The van der Waals surface area contributed by atoms with Crippen molar-refractivity contribution < 1.29 is 23.2 Å². The van der Waals surface area contributed by atoms with E-state index in [4.69, 9.17) is 0 Å². The van der Waals surface area contributed by atoms with Crippen LogP contribution in [0.3, 0.4) is 0 Å². The van der Waals surface area contributed by atoms with Gasteiger partial charge in [-0.2, -0.15) is 0 Å². The van der Waals surface area contributed by atoms with Gasteiger partial charge in [0, 0.05) is 0 Å². The van der Waals surface area contributed by atoms with Crippen LogP contribution >= 0.6 is 40.5 Å². The molecular weight excluding hydrogens is 356 g/mol. The van der Waals surface area contributed by atoms with Crippen LogP contribution in [0.15, 0.2) is 32.4 Å². The summed E-state index contributed by atoms with van der Waals surface area (Å²) in [5.41, 5.74) is 1.69. The molecule has 0 aromatic carbocycles. The van der Waals surface area contributed by atoms with Gasteiger partial charge in [-0.25, -0.2) is 0 Å². The summed E-state index contributed by atoms with van der Waals surface area (Å²) in [6, 6.07) is 0. The monoisotopic (exact) mass is 370 g/mol. The maximum absolute atomic E-state index is 2.48. The molecule has 5 heteroatoms. The normalized spacial score (nSPS) is 28.3. The third-order valence-electron chi connectivity index (χ3n) is 2.85. The Morgan fingerprint density at radius 2 is 2.00 bits per heavy atom. The number of hydrogen-bond donors (Lipinski definition) is 0. The minimum atomic E-state index is -0.390. The molecule has 0 aromatic rings. The van der Waals surface area contributed by atoms with Crippen LogP contribution in [0.1, 0.15) is 27.2 Å². The predicted molar refractivity (Wildman–Crippen MR) is 77.0 cm³/mol. The van der Waals surface area contributed by atoms with Crippen molar-refractivity contribution in [2.75, 3.05) is 0 Å². The van der Waals surface area contributed by atoms with Gasteiger partial charge in [0.1, 0.15) is 0 Å². The van der Waals surface area contributed by atoms with Gasteiger partial charge in [0.25, 0.3) is 0 Å². The number of rotatable bonds is 2. The molecule has 2 aliphatic rings. The van der Waals surface area contributed by atoms with E-state index in [1.807, 2.05) is 0 Å². The van der Waals surface area contributed by atoms with Crippen LogP contribution in [0.25, 0.3) is 0 Å². The smallest absolute Gasteiger partial charge is 0.147 e. The Bertz CT molecular complexity index is 385.